The largest absolute Gasteiger partial charge is 0.504 e. The molecule has 0 saturated heterocycles. The highest BCUT2D eigenvalue weighted by atomic mass is 16.3. The van der Waals surface area contributed by atoms with E-state index in [2.05, 4.69) is 13.8 Å². The summed E-state index contributed by atoms with van der Waals surface area (Å²) in [4.78, 5) is 24.2. The molecule has 4 rings (SSSR count). The van der Waals surface area contributed by atoms with Gasteiger partial charge < -0.3 is 5.11 Å². The van der Waals surface area contributed by atoms with Gasteiger partial charge in [0.05, 0.1) is 0 Å². The molecule has 0 aliphatic heterocycles. The zero-order chi connectivity index (χ0) is 15.7. The summed E-state index contributed by atoms with van der Waals surface area (Å²) in [5.74, 6) is 2.14. The summed E-state index contributed by atoms with van der Waals surface area (Å²) in [6, 6.07) is 0. The first-order chi connectivity index (χ1) is 10.4. The first-order valence-electron chi connectivity index (χ1n) is 8.87. The highest BCUT2D eigenvalue weighted by Crippen LogP contribution is 2.64. The number of aliphatic hydroxyl groups is 1. The zero-order valence-corrected chi connectivity index (χ0v) is 13.7. The molecule has 120 valence electrons. The minimum absolute atomic E-state index is 0.0200. The highest BCUT2D eigenvalue weighted by molar-refractivity contribution is 5.95. The van der Waals surface area contributed by atoms with E-state index < -0.39 is 0 Å². The van der Waals surface area contributed by atoms with Gasteiger partial charge in [-0.25, -0.2) is 0 Å². The number of rotatable bonds is 0. The maximum absolute atomic E-state index is 12.4. The summed E-state index contributed by atoms with van der Waals surface area (Å²) in [5.41, 5.74) is 0.914. The van der Waals surface area contributed by atoms with E-state index in [1.54, 1.807) is 0 Å². The van der Waals surface area contributed by atoms with Gasteiger partial charge in [-0.05, 0) is 67.3 Å². The summed E-state index contributed by atoms with van der Waals surface area (Å²) in [5, 5.41) is 10.3. The standard InChI is InChI=1S/C19H26O3/c1-18-10-8-15(20)17(22)14(18)4-3-11-12-5-6-16(21)19(12,2)9-7-13(11)18/h11-13,22H,3-10H2,1-2H3/t11-,12+,13+,18+,19-/m0/s1. The number of allylic oxidation sites excluding steroid dienone is 1. The van der Waals surface area contributed by atoms with Crippen LogP contribution in [0.4, 0.5) is 0 Å². The SMILES string of the molecule is C[C@]12CCC(=O)C(O)=C1CC[C@@H]1[C@H]2CC[C@]2(C)C(=O)CC[C@H]12. The van der Waals surface area contributed by atoms with Gasteiger partial charge in [-0.2, -0.15) is 0 Å². The minimum Gasteiger partial charge on any atom is -0.504 e. The monoisotopic (exact) mass is 302 g/mol. The maximum atomic E-state index is 12.4. The van der Waals surface area contributed by atoms with Crippen LogP contribution in [0.2, 0.25) is 0 Å². The fourth-order valence-corrected chi connectivity index (χ4v) is 6.46. The molecule has 0 unspecified atom stereocenters. The molecule has 0 aromatic heterocycles. The Kier molecular flexibility index (Phi) is 2.93. The smallest absolute Gasteiger partial charge is 0.197 e. The number of Topliss-reactive ketones (excluding diaryl/α,β-unsaturated/α-hetero) is 2. The third-order valence-corrected chi connectivity index (χ3v) is 7.80. The fraction of sp³-hybridized carbons (Fsp3) is 0.789. The molecule has 3 heteroatoms. The Labute approximate surface area is 132 Å². The lowest BCUT2D eigenvalue weighted by molar-refractivity contribution is -0.133. The van der Waals surface area contributed by atoms with E-state index >= 15 is 0 Å². The van der Waals surface area contributed by atoms with Gasteiger partial charge in [-0.15, -0.1) is 0 Å². The van der Waals surface area contributed by atoms with Crippen LogP contribution in [0.15, 0.2) is 11.3 Å². The molecule has 4 aliphatic carbocycles. The van der Waals surface area contributed by atoms with E-state index in [0.29, 0.717) is 30.0 Å². The highest BCUT2D eigenvalue weighted by Gasteiger charge is 2.59. The van der Waals surface area contributed by atoms with Crippen molar-refractivity contribution < 1.29 is 14.7 Å². The third-order valence-electron chi connectivity index (χ3n) is 7.80. The second kappa shape index (κ2) is 4.46. The Bertz CT molecular complexity index is 589. The van der Waals surface area contributed by atoms with Gasteiger partial charge >= 0.3 is 0 Å². The number of hydrogen-bond donors (Lipinski definition) is 1. The predicted octanol–water partition coefficient (Wildman–Crippen LogP) is 3.97. The van der Waals surface area contributed by atoms with E-state index in [9.17, 15) is 14.7 Å². The summed E-state index contributed by atoms with van der Waals surface area (Å²) in [6.07, 6.45) is 7.13. The Hall–Kier alpha value is -1.12. The van der Waals surface area contributed by atoms with E-state index in [1.165, 1.54) is 0 Å². The van der Waals surface area contributed by atoms with Crippen LogP contribution in [0.5, 0.6) is 0 Å². The van der Waals surface area contributed by atoms with Gasteiger partial charge in [0.1, 0.15) is 5.78 Å². The van der Waals surface area contributed by atoms with E-state index in [0.717, 1.165) is 50.5 Å². The van der Waals surface area contributed by atoms with Crippen LogP contribution >= 0.6 is 0 Å². The van der Waals surface area contributed by atoms with E-state index in [1.807, 2.05) is 0 Å². The average molecular weight is 302 g/mol. The molecular weight excluding hydrogens is 276 g/mol. The lowest BCUT2D eigenvalue weighted by Gasteiger charge is -2.56. The molecule has 5 atom stereocenters. The van der Waals surface area contributed by atoms with Crippen molar-refractivity contribution in [1.29, 1.82) is 0 Å². The average Bonchev–Trinajstić information content (AvgIpc) is 2.79. The summed E-state index contributed by atoms with van der Waals surface area (Å²) >= 11 is 0. The summed E-state index contributed by atoms with van der Waals surface area (Å²) < 4.78 is 0. The van der Waals surface area contributed by atoms with Gasteiger partial charge in [0, 0.05) is 18.3 Å². The first kappa shape index (κ1) is 14.5. The number of carbonyl (C=O) groups excluding carboxylic acids is 2. The van der Waals surface area contributed by atoms with Crippen LogP contribution in [0.1, 0.15) is 65.2 Å². The van der Waals surface area contributed by atoms with Crippen molar-refractivity contribution in [2.24, 2.45) is 28.6 Å². The fourth-order valence-electron chi connectivity index (χ4n) is 6.46. The number of hydrogen-bond acceptors (Lipinski definition) is 3. The van der Waals surface area contributed by atoms with Crippen molar-refractivity contribution in [3.05, 3.63) is 11.3 Å². The topological polar surface area (TPSA) is 54.4 Å². The minimum atomic E-state index is -0.0920. The number of aliphatic hydroxyl groups excluding tert-OH is 1. The summed E-state index contributed by atoms with van der Waals surface area (Å²) in [7, 11) is 0. The molecule has 1 N–H and O–H groups in total. The van der Waals surface area contributed by atoms with Crippen molar-refractivity contribution in [1.82, 2.24) is 0 Å². The molecule has 3 fully saturated rings. The molecule has 0 spiro atoms. The van der Waals surface area contributed by atoms with Crippen molar-refractivity contribution in [2.45, 2.75) is 65.2 Å². The van der Waals surface area contributed by atoms with Gasteiger partial charge in [-0.3, -0.25) is 9.59 Å². The number of ketones is 2. The molecule has 3 saturated carbocycles. The van der Waals surface area contributed by atoms with Crippen molar-refractivity contribution in [3.8, 4) is 0 Å². The molecular formula is C19H26O3. The van der Waals surface area contributed by atoms with Crippen LogP contribution < -0.4 is 0 Å². The van der Waals surface area contributed by atoms with Gasteiger partial charge in [0.2, 0.25) is 0 Å². The van der Waals surface area contributed by atoms with Gasteiger partial charge in [-0.1, -0.05) is 13.8 Å². The van der Waals surface area contributed by atoms with Crippen LogP contribution in [-0.4, -0.2) is 16.7 Å². The number of carbonyl (C=O) groups is 2. The third kappa shape index (κ3) is 1.63. The second-order valence-electron chi connectivity index (χ2n) is 8.50. The Morgan fingerprint density at radius 2 is 1.64 bits per heavy atom. The normalized spacial score (nSPS) is 48.0. The van der Waals surface area contributed by atoms with E-state index in [-0.39, 0.29) is 22.4 Å². The quantitative estimate of drug-likeness (QED) is 0.736. The Morgan fingerprint density at radius 3 is 2.41 bits per heavy atom. The van der Waals surface area contributed by atoms with Crippen molar-refractivity contribution in [3.63, 3.8) is 0 Å². The van der Waals surface area contributed by atoms with Crippen molar-refractivity contribution >= 4 is 11.6 Å². The Balaban J connectivity index is 1.73. The zero-order valence-electron chi connectivity index (χ0n) is 13.7. The molecule has 22 heavy (non-hydrogen) atoms. The van der Waals surface area contributed by atoms with Gasteiger partial charge in [0.15, 0.2) is 11.5 Å². The first-order valence-corrected chi connectivity index (χ1v) is 8.87. The molecule has 0 heterocycles. The molecule has 0 amide bonds. The van der Waals surface area contributed by atoms with Crippen LogP contribution in [0, 0.1) is 28.6 Å². The number of fused-ring (bicyclic) bond motifs is 5. The molecule has 0 radical (unpaired) electrons. The molecule has 0 bridgehead atoms. The molecule has 0 aromatic rings. The predicted molar refractivity (Wildman–Crippen MR) is 83.3 cm³/mol. The van der Waals surface area contributed by atoms with Crippen LogP contribution in [0.3, 0.4) is 0 Å². The lowest BCUT2D eigenvalue weighted by atomic mass is 9.47. The van der Waals surface area contributed by atoms with Gasteiger partial charge in [0.25, 0.3) is 0 Å². The molecule has 4 aliphatic rings. The Morgan fingerprint density at radius 1 is 0.909 bits per heavy atom. The maximum Gasteiger partial charge on any atom is 0.197 e. The second-order valence-corrected chi connectivity index (χ2v) is 8.50. The van der Waals surface area contributed by atoms with Crippen LogP contribution in [0.25, 0.3) is 0 Å². The molecule has 0 aromatic carbocycles. The lowest BCUT2D eigenvalue weighted by Crippen LogP contribution is -2.51. The van der Waals surface area contributed by atoms with E-state index in [4.69, 9.17) is 0 Å². The van der Waals surface area contributed by atoms with Crippen LogP contribution in [-0.2, 0) is 9.59 Å². The van der Waals surface area contributed by atoms with Crippen molar-refractivity contribution in [2.75, 3.05) is 0 Å². The summed E-state index contributed by atoms with van der Waals surface area (Å²) in [6.45, 7) is 4.46. The molecule has 3 nitrogen and oxygen atoms in total.